The Bertz CT molecular complexity index is 1180. The van der Waals surface area contributed by atoms with Crippen molar-refractivity contribution in [1.29, 1.82) is 0 Å². The molecule has 1 N–H and O–H groups in total. The Morgan fingerprint density at radius 3 is 2.65 bits per heavy atom. The molecule has 2 aromatic rings. The van der Waals surface area contributed by atoms with Gasteiger partial charge in [0.2, 0.25) is 10.0 Å². The number of rotatable bonds is 7. The molecule has 1 aromatic heterocycles. The standard InChI is InChI=1S/C22H28Cl2N4O5S/c1-32-20-5-4-17(11-18(20)23)34(30,31)27-8-6-16(7-9-27)28-22(29)21(24)19(13-26-28)25-12-15-3-2-10-33-14-15/h4-5,11,13,15-16,25H,2-3,6-10,12,14H2,1H3/t15-/m1/s1. The molecule has 2 aliphatic heterocycles. The largest absolute Gasteiger partial charge is 0.495 e. The number of anilines is 1. The fraction of sp³-hybridized carbons (Fsp3) is 0.545. The Kier molecular flexibility index (Phi) is 8.04. The number of ether oxygens (including phenoxy) is 2. The summed E-state index contributed by atoms with van der Waals surface area (Å²) >= 11 is 12.5. The van der Waals surface area contributed by atoms with Crippen LogP contribution >= 0.6 is 23.2 Å². The summed E-state index contributed by atoms with van der Waals surface area (Å²) in [6.45, 7) is 2.66. The van der Waals surface area contributed by atoms with Crippen molar-refractivity contribution in [2.45, 2.75) is 36.6 Å². The first-order valence-electron chi connectivity index (χ1n) is 11.2. The number of benzene rings is 1. The second kappa shape index (κ2) is 10.8. The van der Waals surface area contributed by atoms with Gasteiger partial charge >= 0.3 is 0 Å². The maximum atomic E-state index is 13.1. The van der Waals surface area contributed by atoms with E-state index < -0.39 is 10.0 Å². The fourth-order valence-corrected chi connectivity index (χ4v) is 6.36. The maximum Gasteiger partial charge on any atom is 0.287 e. The van der Waals surface area contributed by atoms with Crippen molar-refractivity contribution in [2.24, 2.45) is 5.92 Å². The quantitative estimate of drug-likeness (QED) is 0.584. The molecule has 0 bridgehead atoms. The zero-order chi connectivity index (χ0) is 24.3. The van der Waals surface area contributed by atoms with Crippen molar-refractivity contribution in [2.75, 3.05) is 45.3 Å². The van der Waals surface area contributed by atoms with Crippen LogP contribution in [0.4, 0.5) is 5.69 Å². The van der Waals surface area contributed by atoms with Crippen molar-refractivity contribution in [3.63, 3.8) is 0 Å². The number of nitrogens with one attached hydrogen (secondary N) is 1. The highest BCUT2D eigenvalue weighted by atomic mass is 35.5. The predicted octanol–water partition coefficient (Wildman–Crippen LogP) is 3.42. The highest BCUT2D eigenvalue weighted by molar-refractivity contribution is 7.89. The van der Waals surface area contributed by atoms with Gasteiger partial charge in [0.05, 0.1) is 41.6 Å². The van der Waals surface area contributed by atoms with Gasteiger partial charge in [-0.05, 0) is 49.8 Å². The highest BCUT2D eigenvalue weighted by Crippen LogP contribution is 2.31. The van der Waals surface area contributed by atoms with E-state index >= 15 is 0 Å². The van der Waals surface area contributed by atoms with E-state index in [2.05, 4.69) is 10.4 Å². The van der Waals surface area contributed by atoms with Crippen molar-refractivity contribution in [3.05, 3.63) is 44.8 Å². The summed E-state index contributed by atoms with van der Waals surface area (Å²) in [5, 5.41) is 7.87. The fourth-order valence-electron chi connectivity index (χ4n) is 4.33. The van der Waals surface area contributed by atoms with Gasteiger partial charge in [0.25, 0.3) is 5.56 Å². The Balaban J connectivity index is 1.41. The van der Waals surface area contributed by atoms with E-state index in [1.807, 2.05) is 0 Å². The molecule has 2 saturated heterocycles. The van der Waals surface area contributed by atoms with Gasteiger partial charge in [0.15, 0.2) is 0 Å². The molecule has 12 heteroatoms. The van der Waals surface area contributed by atoms with Crippen LogP contribution in [-0.4, -0.2) is 62.5 Å². The van der Waals surface area contributed by atoms with Crippen LogP contribution in [0.25, 0.3) is 0 Å². The van der Waals surface area contributed by atoms with Gasteiger partial charge in [0.1, 0.15) is 10.8 Å². The summed E-state index contributed by atoms with van der Waals surface area (Å²) < 4.78 is 39.5. The van der Waals surface area contributed by atoms with E-state index in [4.69, 9.17) is 32.7 Å². The Morgan fingerprint density at radius 2 is 2.00 bits per heavy atom. The van der Waals surface area contributed by atoms with Gasteiger partial charge in [-0.3, -0.25) is 4.79 Å². The second-order valence-electron chi connectivity index (χ2n) is 8.52. The third-order valence-electron chi connectivity index (χ3n) is 6.31. The van der Waals surface area contributed by atoms with Crippen LogP contribution in [0, 0.1) is 5.92 Å². The van der Waals surface area contributed by atoms with Crippen LogP contribution in [0.15, 0.2) is 34.1 Å². The first kappa shape index (κ1) is 25.2. The monoisotopic (exact) mass is 530 g/mol. The van der Waals surface area contributed by atoms with Crippen LogP contribution < -0.4 is 15.6 Å². The Labute approximate surface area is 209 Å². The molecule has 0 aliphatic carbocycles. The lowest BCUT2D eigenvalue weighted by molar-refractivity contribution is 0.0595. The molecule has 186 valence electrons. The molecular formula is C22H28Cl2N4O5S. The van der Waals surface area contributed by atoms with Crippen molar-refractivity contribution >= 4 is 38.9 Å². The predicted molar refractivity (Wildman–Crippen MR) is 131 cm³/mol. The number of aromatic nitrogens is 2. The molecule has 34 heavy (non-hydrogen) atoms. The van der Waals surface area contributed by atoms with E-state index in [1.165, 1.54) is 34.3 Å². The first-order chi connectivity index (χ1) is 16.3. The summed E-state index contributed by atoms with van der Waals surface area (Å²) in [5.41, 5.74) is 0.125. The van der Waals surface area contributed by atoms with Gasteiger partial charge in [-0.2, -0.15) is 9.40 Å². The topological polar surface area (TPSA) is 103 Å². The number of hydrogen-bond acceptors (Lipinski definition) is 7. The molecule has 9 nitrogen and oxygen atoms in total. The molecule has 0 unspecified atom stereocenters. The van der Waals surface area contributed by atoms with E-state index in [9.17, 15) is 13.2 Å². The molecule has 1 atom stereocenters. The summed E-state index contributed by atoms with van der Waals surface area (Å²) in [6, 6.07) is 4.16. The van der Waals surface area contributed by atoms with Gasteiger partial charge < -0.3 is 14.8 Å². The Morgan fingerprint density at radius 1 is 1.24 bits per heavy atom. The minimum atomic E-state index is -3.72. The molecule has 2 fully saturated rings. The third-order valence-corrected chi connectivity index (χ3v) is 8.86. The summed E-state index contributed by atoms with van der Waals surface area (Å²) in [6.07, 6.45) is 4.55. The molecule has 0 radical (unpaired) electrons. The maximum absolute atomic E-state index is 13.1. The molecule has 3 heterocycles. The zero-order valence-corrected chi connectivity index (χ0v) is 21.2. The minimum Gasteiger partial charge on any atom is -0.495 e. The second-order valence-corrected chi connectivity index (χ2v) is 11.2. The van der Waals surface area contributed by atoms with Gasteiger partial charge in [-0.15, -0.1) is 0 Å². The van der Waals surface area contributed by atoms with Gasteiger partial charge in [-0.1, -0.05) is 23.2 Å². The molecule has 0 spiro atoms. The SMILES string of the molecule is COc1ccc(S(=O)(=O)N2CCC(n3ncc(NC[C@H]4CCCOC4)c(Cl)c3=O)CC2)cc1Cl. The Hall–Kier alpha value is -1.85. The lowest BCUT2D eigenvalue weighted by atomic mass is 10.0. The van der Waals surface area contributed by atoms with E-state index in [0.717, 1.165) is 19.4 Å². The van der Waals surface area contributed by atoms with Gasteiger partial charge in [-0.25, -0.2) is 13.1 Å². The highest BCUT2D eigenvalue weighted by Gasteiger charge is 2.31. The number of hydrogen-bond donors (Lipinski definition) is 1. The number of piperidine rings is 1. The smallest absolute Gasteiger partial charge is 0.287 e. The normalized spacial score (nSPS) is 20.3. The number of sulfonamides is 1. The van der Waals surface area contributed by atoms with Crippen molar-refractivity contribution in [3.8, 4) is 5.75 Å². The molecule has 0 amide bonds. The van der Waals surface area contributed by atoms with Crippen LogP contribution in [0.5, 0.6) is 5.75 Å². The number of halogens is 2. The van der Waals surface area contributed by atoms with Crippen molar-refractivity contribution in [1.82, 2.24) is 14.1 Å². The lowest BCUT2D eigenvalue weighted by Gasteiger charge is -2.31. The average Bonchev–Trinajstić information content (AvgIpc) is 2.85. The van der Waals surface area contributed by atoms with Crippen LogP contribution in [0.1, 0.15) is 31.7 Å². The first-order valence-corrected chi connectivity index (χ1v) is 13.4. The number of methoxy groups -OCH3 is 1. The zero-order valence-electron chi connectivity index (χ0n) is 18.9. The molecule has 1 aromatic carbocycles. The lowest BCUT2D eigenvalue weighted by Crippen LogP contribution is -2.41. The average molecular weight is 531 g/mol. The van der Waals surface area contributed by atoms with E-state index in [1.54, 1.807) is 6.20 Å². The molecule has 2 aliphatic rings. The molecule has 4 rings (SSSR count). The van der Waals surface area contributed by atoms with E-state index in [0.29, 0.717) is 43.3 Å². The van der Waals surface area contributed by atoms with E-state index in [-0.39, 0.29) is 39.6 Å². The third kappa shape index (κ3) is 5.36. The minimum absolute atomic E-state index is 0.0923. The molecule has 0 saturated carbocycles. The van der Waals surface area contributed by atoms with Crippen LogP contribution in [0.3, 0.4) is 0 Å². The molecular weight excluding hydrogens is 503 g/mol. The van der Waals surface area contributed by atoms with Gasteiger partial charge in [0, 0.05) is 26.2 Å². The summed E-state index contributed by atoms with van der Waals surface area (Å²) in [5.74, 6) is 0.783. The summed E-state index contributed by atoms with van der Waals surface area (Å²) in [7, 11) is -2.25. The summed E-state index contributed by atoms with van der Waals surface area (Å²) in [4.78, 5) is 13.0. The van der Waals surface area contributed by atoms with Crippen LogP contribution in [0.2, 0.25) is 10.0 Å². The number of nitrogens with zero attached hydrogens (tertiary/aromatic N) is 3. The van der Waals surface area contributed by atoms with Crippen molar-refractivity contribution < 1.29 is 17.9 Å². The van der Waals surface area contributed by atoms with Crippen LogP contribution in [-0.2, 0) is 14.8 Å².